The molecule has 2 fully saturated rings. The first kappa shape index (κ1) is 14.2. The molecule has 2 N–H and O–H groups in total. The minimum absolute atomic E-state index is 0.0191. The average Bonchev–Trinajstić information content (AvgIpc) is 2.71. The summed E-state index contributed by atoms with van der Waals surface area (Å²) in [7, 11) is -3.29. The van der Waals surface area contributed by atoms with E-state index in [1.54, 1.807) is 8.61 Å². The van der Waals surface area contributed by atoms with E-state index in [0.29, 0.717) is 38.0 Å². The summed E-state index contributed by atoms with van der Waals surface area (Å²) in [4.78, 5) is 0. The van der Waals surface area contributed by atoms with Crippen molar-refractivity contribution < 1.29 is 8.42 Å². The van der Waals surface area contributed by atoms with Crippen LogP contribution in [-0.2, 0) is 10.2 Å². The molecule has 2 aliphatic heterocycles. The minimum Gasteiger partial charge on any atom is -0.329 e. The van der Waals surface area contributed by atoms with Gasteiger partial charge in [0.2, 0.25) is 0 Å². The number of hydrogen-bond donors (Lipinski definition) is 1. The Kier molecular flexibility index (Phi) is 4.31. The molecule has 0 aliphatic carbocycles. The van der Waals surface area contributed by atoms with Crippen LogP contribution >= 0.6 is 0 Å². The van der Waals surface area contributed by atoms with E-state index >= 15 is 0 Å². The highest BCUT2D eigenvalue weighted by molar-refractivity contribution is 7.86. The molecule has 2 heterocycles. The number of piperidine rings is 1. The van der Waals surface area contributed by atoms with E-state index in [1.165, 1.54) is 0 Å². The third-order valence-corrected chi connectivity index (χ3v) is 6.50. The van der Waals surface area contributed by atoms with Crippen molar-refractivity contribution in [2.75, 3.05) is 26.2 Å². The fourth-order valence-electron chi connectivity index (χ4n) is 2.97. The second kappa shape index (κ2) is 5.45. The van der Waals surface area contributed by atoms with Gasteiger partial charge in [0.05, 0.1) is 0 Å². The van der Waals surface area contributed by atoms with E-state index in [4.69, 9.17) is 5.73 Å². The topological polar surface area (TPSA) is 66.6 Å². The maximum Gasteiger partial charge on any atom is 0.282 e. The predicted molar refractivity (Wildman–Crippen MR) is 72.2 cm³/mol. The van der Waals surface area contributed by atoms with Crippen LogP contribution in [0.1, 0.15) is 33.1 Å². The van der Waals surface area contributed by atoms with Gasteiger partial charge in [-0.25, -0.2) is 0 Å². The molecule has 0 bridgehead atoms. The molecular weight excluding hydrogens is 250 g/mol. The molecule has 0 spiro atoms. The SMILES string of the molecule is CC1CCN(S(=O)(=O)N2CCC(C)C2CN)CC1. The molecule has 0 aromatic rings. The van der Waals surface area contributed by atoms with E-state index in [2.05, 4.69) is 13.8 Å². The Balaban J connectivity index is 2.11. The van der Waals surface area contributed by atoms with Crippen LogP contribution in [0.25, 0.3) is 0 Å². The maximum atomic E-state index is 12.6. The molecule has 0 aromatic carbocycles. The summed E-state index contributed by atoms with van der Waals surface area (Å²) in [6.07, 6.45) is 2.86. The molecule has 5 nitrogen and oxygen atoms in total. The maximum absolute atomic E-state index is 12.6. The second-order valence-corrected chi connectivity index (χ2v) is 7.65. The molecule has 6 heteroatoms. The zero-order chi connectivity index (χ0) is 13.3. The average molecular weight is 275 g/mol. The lowest BCUT2D eigenvalue weighted by molar-refractivity contribution is 0.255. The molecule has 0 radical (unpaired) electrons. The Morgan fingerprint density at radius 1 is 1.11 bits per heavy atom. The van der Waals surface area contributed by atoms with Crippen molar-refractivity contribution in [1.82, 2.24) is 8.61 Å². The molecular formula is C12H25N3O2S. The molecule has 2 aliphatic rings. The smallest absolute Gasteiger partial charge is 0.282 e. The van der Waals surface area contributed by atoms with Crippen LogP contribution in [0.2, 0.25) is 0 Å². The van der Waals surface area contributed by atoms with Crippen LogP contribution in [-0.4, -0.2) is 49.2 Å². The van der Waals surface area contributed by atoms with Gasteiger partial charge < -0.3 is 5.73 Å². The summed E-state index contributed by atoms with van der Waals surface area (Å²) in [5.74, 6) is 1.01. The number of nitrogens with zero attached hydrogens (tertiary/aromatic N) is 2. The van der Waals surface area contributed by atoms with Gasteiger partial charge in [0.25, 0.3) is 10.2 Å². The van der Waals surface area contributed by atoms with Gasteiger partial charge in [0, 0.05) is 32.2 Å². The summed E-state index contributed by atoms with van der Waals surface area (Å²) in [5, 5.41) is 0. The zero-order valence-corrected chi connectivity index (χ0v) is 12.2. The van der Waals surface area contributed by atoms with Crippen molar-refractivity contribution in [3.63, 3.8) is 0 Å². The Hall–Kier alpha value is -0.170. The number of hydrogen-bond acceptors (Lipinski definition) is 3. The first-order valence-electron chi connectivity index (χ1n) is 6.93. The molecule has 106 valence electrons. The van der Waals surface area contributed by atoms with Gasteiger partial charge in [0.1, 0.15) is 0 Å². The molecule has 2 rings (SSSR count). The Labute approximate surface area is 110 Å². The normalized spacial score (nSPS) is 33.1. The van der Waals surface area contributed by atoms with Crippen molar-refractivity contribution in [1.29, 1.82) is 0 Å². The standard InChI is InChI=1S/C12H25N3O2S/c1-10-3-6-14(7-4-10)18(16,17)15-8-5-11(2)12(15)9-13/h10-12H,3-9,13H2,1-2H3. The molecule has 2 saturated heterocycles. The number of rotatable bonds is 3. The predicted octanol–water partition coefficient (Wildman–Crippen LogP) is 0.632. The molecule has 0 saturated carbocycles. The van der Waals surface area contributed by atoms with Crippen LogP contribution < -0.4 is 5.73 Å². The van der Waals surface area contributed by atoms with Crippen LogP contribution in [0.5, 0.6) is 0 Å². The lowest BCUT2D eigenvalue weighted by atomic mass is 10.0. The van der Waals surface area contributed by atoms with E-state index in [9.17, 15) is 8.42 Å². The molecule has 2 atom stereocenters. The van der Waals surface area contributed by atoms with Crippen LogP contribution in [0.4, 0.5) is 0 Å². The second-order valence-electron chi connectivity index (χ2n) is 5.77. The van der Waals surface area contributed by atoms with Crippen molar-refractivity contribution in [3.05, 3.63) is 0 Å². The molecule has 18 heavy (non-hydrogen) atoms. The summed E-state index contributed by atoms with van der Waals surface area (Å²) in [5.41, 5.74) is 5.74. The summed E-state index contributed by atoms with van der Waals surface area (Å²) in [6.45, 7) is 6.63. The van der Waals surface area contributed by atoms with Gasteiger partial charge in [0.15, 0.2) is 0 Å². The van der Waals surface area contributed by atoms with E-state index < -0.39 is 10.2 Å². The summed E-state index contributed by atoms with van der Waals surface area (Å²) >= 11 is 0. The third kappa shape index (κ3) is 2.57. The number of nitrogens with two attached hydrogens (primary N) is 1. The Morgan fingerprint density at radius 3 is 2.28 bits per heavy atom. The fraction of sp³-hybridized carbons (Fsp3) is 1.00. The van der Waals surface area contributed by atoms with E-state index in [-0.39, 0.29) is 6.04 Å². The van der Waals surface area contributed by atoms with Crippen LogP contribution in [0, 0.1) is 11.8 Å². The van der Waals surface area contributed by atoms with Gasteiger partial charge in [-0.1, -0.05) is 13.8 Å². The first-order chi connectivity index (χ1) is 8.46. The minimum atomic E-state index is -3.29. The lowest BCUT2D eigenvalue weighted by Crippen LogP contribution is -2.51. The van der Waals surface area contributed by atoms with Gasteiger partial charge in [-0.15, -0.1) is 0 Å². The van der Waals surface area contributed by atoms with Gasteiger partial charge in [-0.3, -0.25) is 0 Å². The van der Waals surface area contributed by atoms with Crippen LogP contribution in [0.3, 0.4) is 0 Å². The Morgan fingerprint density at radius 2 is 1.72 bits per heavy atom. The van der Waals surface area contributed by atoms with E-state index in [1.807, 2.05) is 0 Å². The van der Waals surface area contributed by atoms with Crippen LogP contribution in [0.15, 0.2) is 0 Å². The van der Waals surface area contributed by atoms with Crippen molar-refractivity contribution in [3.8, 4) is 0 Å². The fourth-order valence-corrected chi connectivity index (χ4v) is 4.91. The van der Waals surface area contributed by atoms with Gasteiger partial charge in [-0.2, -0.15) is 17.0 Å². The zero-order valence-electron chi connectivity index (χ0n) is 11.4. The van der Waals surface area contributed by atoms with E-state index in [0.717, 1.165) is 19.3 Å². The van der Waals surface area contributed by atoms with Crippen molar-refractivity contribution >= 4 is 10.2 Å². The summed E-state index contributed by atoms with van der Waals surface area (Å²) < 4.78 is 28.5. The van der Waals surface area contributed by atoms with Crippen molar-refractivity contribution in [2.45, 2.75) is 39.2 Å². The third-order valence-electron chi connectivity index (χ3n) is 4.44. The first-order valence-corrected chi connectivity index (χ1v) is 8.33. The molecule has 0 aromatic heterocycles. The van der Waals surface area contributed by atoms with Gasteiger partial charge >= 0.3 is 0 Å². The molecule has 0 amide bonds. The Bertz CT molecular complexity index is 377. The summed E-state index contributed by atoms with van der Waals surface area (Å²) in [6, 6.07) is -0.0191. The van der Waals surface area contributed by atoms with Gasteiger partial charge in [-0.05, 0) is 31.1 Å². The largest absolute Gasteiger partial charge is 0.329 e. The highest BCUT2D eigenvalue weighted by atomic mass is 32.2. The van der Waals surface area contributed by atoms with Crippen molar-refractivity contribution in [2.24, 2.45) is 17.6 Å². The highest BCUT2D eigenvalue weighted by Gasteiger charge is 2.41. The lowest BCUT2D eigenvalue weighted by Gasteiger charge is -2.35. The highest BCUT2D eigenvalue weighted by Crippen LogP contribution is 2.29. The molecule has 2 unspecified atom stereocenters. The quantitative estimate of drug-likeness (QED) is 0.821. The monoisotopic (exact) mass is 275 g/mol.